The van der Waals surface area contributed by atoms with Crippen LogP contribution in [0.4, 0.5) is 0 Å². The van der Waals surface area contributed by atoms with E-state index >= 15 is 0 Å². The minimum Gasteiger partial charge on any atom is -0.479 e. The third kappa shape index (κ3) is 23.4. The van der Waals surface area contributed by atoms with E-state index in [0.29, 0.717) is 7.11 Å². The molecule has 11 N–H and O–H groups in total. The van der Waals surface area contributed by atoms with Crippen LogP contribution < -0.4 is 0 Å². The first kappa shape index (κ1) is 75.5. The van der Waals surface area contributed by atoms with Crippen molar-refractivity contribution >= 4 is 99.6 Å². The Balaban J connectivity index is 1.71. The maximum Gasteiger partial charge on any atom is 0.397 e. The second-order valence-electron chi connectivity index (χ2n) is 17.1. The lowest BCUT2D eigenvalue weighted by molar-refractivity contribution is -0.375. The molecule has 50 nitrogen and oxygen atoms in total. The summed E-state index contributed by atoms with van der Waals surface area (Å²) in [7, 11) is -53.0. The number of carboxylic acid groups (broad SMARTS) is 1. The second kappa shape index (κ2) is 28.6. The van der Waals surface area contributed by atoms with Crippen LogP contribution in [-0.4, -0.2) is 303 Å². The van der Waals surface area contributed by atoms with Gasteiger partial charge in [-0.2, -0.15) is 75.8 Å². The van der Waals surface area contributed by atoms with Gasteiger partial charge in [-0.05, 0) is 0 Å². The fourth-order valence-electron chi connectivity index (χ4n) is 8.33. The molecule has 21 atom stereocenters. The zero-order valence-corrected chi connectivity index (χ0v) is 49.3. The second-order valence-corrected chi connectivity index (χ2v) is 26.5. The molecular formula is C28H46O50S9. The molecule has 5 aliphatic rings. The Morgan fingerprint density at radius 1 is 0.322 bits per heavy atom. The lowest BCUT2D eigenvalue weighted by Gasteiger charge is -2.48. The van der Waals surface area contributed by atoms with Crippen LogP contribution in [0.3, 0.4) is 0 Å². The van der Waals surface area contributed by atoms with Gasteiger partial charge < -0.3 is 62.3 Å². The van der Waals surface area contributed by atoms with E-state index in [1.807, 2.05) is 0 Å². The molecule has 0 amide bonds. The number of hydrogen-bond acceptors (Lipinski definition) is 40. The largest absolute Gasteiger partial charge is 0.479 e. The van der Waals surface area contributed by atoms with Gasteiger partial charge in [0.1, 0.15) is 67.1 Å². The third-order valence-corrected chi connectivity index (χ3v) is 15.4. The molecule has 0 radical (unpaired) electrons. The molecule has 5 fully saturated rings. The fourth-order valence-corrected chi connectivity index (χ4v) is 12.8. The topological polar surface area (TPSA) is 731 Å². The Labute approximate surface area is 488 Å². The molecule has 5 heterocycles. The molecule has 0 aromatic carbocycles. The van der Waals surface area contributed by atoms with Gasteiger partial charge in [-0.3, -0.25) is 41.0 Å². The van der Waals surface area contributed by atoms with E-state index in [4.69, 9.17) is 52.1 Å². The molecular weight excluding hydrogens is 1420 g/mol. The molecule has 0 unspecified atom stereocenters. The first-order valence-electron chi connectivity index (χ1n) is 21.9. The van der Waals surface area contributed by atoms with Crippen LogP contribution in [0.15, 0.2) is 0 Å². The number of carboxylic acids is 1. The summed E-state index contributed by atoms with van der Waals surface area (Å²) in [5.74, 6) is -2.30. The van der Waals surface area contributed by atoms with Crippen molar-refractivity contribution in [3.8, 4) is 0 Å². The van der Waals surface area contributed by atoms with Crippen LogP contribution in [0.2, 0.25) is 0 Å². The number of methoxy groups -OCH3 is 2. The highest BCUT2D eigenvalue weighted by Gasteiger charge is 2.60. The normalized spacial score (nSPS) is 36.7. The van der Waals surface area contributed by atoms with Gasteiger partial charge in [0, 0.05) is 14.2 Å². The van der Waals surface area contributed by atoms with Gasteiger partial charge >= 0.3 is 99.6 Å². The van der Waals surface area contributed by atoms with E-state index in [1.165, 1.54) is 0 Å². The summed E-state index contributed by atoms with van der Waals surface area (Å²) < 4.78 is 405. The quantitative estimate of drug-likeness (QED) is 0.0310. The van der Waals surface area contributed by atoms with E-state index in [9.17, 15) is 132 Å². The molecule has 5 aliphatic heterocycles. The summed E-state index contributed by atoms with van der Waals surface area (Å²) >= 11 is 0. The molecule has 0 aromatic rings. The SMILES string of the molecule is CO[C@@H]1[C@@H](OS(=O)(=O)O)[C@H](OS(=O)(=O)O)[C@H](O[C@@H]2[C@H](O[C@H]3CO[C@@H](O)[C@H](OS(=O)(=O)O)[C@H]3OS(=O)(=O)O)OC[C@@H](O[C@H]3OC[C@@H](O[C@@H]4OC[C@@H](OC)[C@H](OS(=O)(=O)O)[C@H]4OS(=O)(=O)O)[C@H](OS(=O)(=O)O)[C@H]3OS(=O)(=O)O)[C@H]2OS(=O)(=O)O)O[C@@H]1C(=O)O. The van der Waals surface area contributed by atoms with Gasteiger partial charge in [0.05, 0.1) is 26.4 Å². The Hall–Kier alpha value is -2.18. The number of aliphatic hydroxyl groups is 1. The molecule has 87 heavy (non-hydrogen) atoms. The van der Waals surface area contributed by atoms with Crippen LogP contribution in [0.1, 0.15) is 0 Å². The lowest BCUT2D eigenvalue weighted by Crippen LogP contribution is -2.67. The smallest absolute Gasteiger partial charge is 0.397 e. The number of carbonyl (C=O) groups is 1. The van der Waals surface area contributed by atoms with Gasteiger partial charge in [-0.25, -0.2) is 42.4 Å². The van der Waals surface area contributed by atoms with E-state index in [-0.39, 0.29) is 0 Å². The van der Waals surface area contributed by atoms with Crippen molar-refractivity contribution in [2.24, 2.45) is 0 Å². The van der Waals surface area contributed by atoms with Crippen molar-refractivity contribution in [1.82, 2.24) is 0 Å². The Morgan fingerprint density at radius 3 is 0.920 bits per heavy atom. The molecule has 0 bridgehead atoms. The van der Waals surface area contributed by atoms with Crippen LogP contribution in [0.5, 0.6) is 0 Å². The summed E-state index contributed by atoms with van der Waals surface area (Å²) in [4.78, 5) is 12.6. The van der Waals surface area contributed by atoms with E-state index in [2.05, 4.69) is 37.6 Å². The maximum absolute atomic E-state index is 12.8. The third-order valence-electron chi connectivity index (χ3n) is 11.2. The number of ether oxygens (including phenoxy) is 11. The van der Waals surface area contributed by atoms with E-state index in [0.717, 1.165) is 7.11 Å². The number of aliphatic hydroxyl groups excluding tert-OH is 1. The van der Waals surface area contributed by atoms with E-state index in [1.54, 1.807) is 0 Å². The fraction of sp³-hybridized carbons (Fsp3) is 0.964. The van der Waals surface area contributed by atoms with Crippen LogP contribution >= 0.6 is 0 Å². The Bertz CT molecular complexity index is 3450. The van der Waals surface area contributed by atoms with Crippen molar-refractivity contribution in [2.45, 2.75) is 129 Å². The van der Waals surface area contributed by atoms with Crippen molar-refractivity contribution in [1.29, 1.82) is 0 Å². The van der Waals surface area contributed by atoms with Gasteiger partial charge in [0.25, 0.3) is 0 Å². The number of rotatable bonds is 29. The van der Waals surface area contributed by atoms with Crippen molar-refractivity contribution in [2.75, 3.05) is 40.6 Å². The zero-order valence-electron chi connectivity index (χ0n) is 42.0. The lowest BCUT2D eigenvalue weighted by atomic mass is 9.98. The molecule has 0 aromatic heterocycles. The van der Waals surface area contributed by atoms with Crippen molar-refractivity contribution in [3.05, 3.63) is 0 Å². The molecule has 5 rings (SSSR count). The van der Waals surface area contributed by atoms with Crippen LogP contribution in [0, 0.1) is 0 Å². The maximum atomic E-state index is 12.8. The highest BCUT2D eigenvalue weighted by molar-refractivity contribution is 7.82. The van der Waals surface area contributed by atoms with E-state index < -0.39 is 255 Å². The monoisotopic (exact) mass is 1470 g/mol. The zero-order chi connectivity index (χ0) is 66.2. The average molecular weight is 1470 g/mol. The Kier molecular flexibility index (Phi) is 24.8. The number of aliphatic carboxylic acids is 1. The summed E-state index contributed by atoms with van der Waals surface area (Å²) in [6.07, 6.45) is -60.0. The summed E-state index contributed by atoms with van der Waals surface area (Å²) in [6.45, 7) is -5.65. The van der Waals surface area contributed by atoms with Crippen LogP contribution in [0.25, 0.3) is 0 Å². The first-order valence-corrected chi connectivity index (χ1v) is 34.2. The standard InChI is InChI=1S/C28H46O50S9/c1-59-7-3-62-26(20(76-85(50,51)52)11(7)70-79(32,33)34)67-10-6-64-27(21(77-86(53,54)55)14(10)73-82(41,42)43)66-9-5-63-25(65-8-4-61-24(31)18(75-84(47,48)49)12(8)71-80(35,36)37)19(13(9)72-81(38,39)40)69-28-22(78-87(56,57)58)16(74-83(44,45)46)15(60-2)17(68-28)23(29)30/h7-22,24-28,31H,3-6H2,1-2H3,(H,29,30)(H,32,33,34)(H,35,36,37)(H,38,39,40)(H,41,42,43)(H,44,45,46)(H,47,48,49)(H,50,51,52)(H,53,54,55)(H,56,57,58)/t7-,8+,9-,10-,11+,12+,13-,14+,15-,16-,17+,18-,19+,20-,21-,22+,24-,25+,26+,27-,28+/m1/s1. The van der Waals surface area contributed by atoms with Crippen molar-refractivity contribution < 1.29 is 221 Å². The minimum absolute atomic E-state index is 0.542. The molecule has 0 spiro atoms. The number of hydrogen-bond donors (Lipinski definition) is 11. The predicted octanol–water partition coefficient (Wildman–Crippen LogP) is -9.52. The Morgan fingerprint density at radius 2 is 0.586 bits per heavy atom. The van der Waals surface area contributed by atoms with Gasteiger partial charge in [0.15, 0.2) is 62.0 Å². The van der Waals surface area contributed by atoms with Gasteiger partial charge in [0.2, 0.25) is 0 Å². The summed E-state index contributed by atoms with van der Waals surface area (Å²) in [5, 5.41) is 20.5. The first-order chi connectivity index (χ1) is 39.3. The molecule has 59 heteroatoms. The molecule has 512 valence electrons. The summed E-state index contributed by atoms with van der Waals surface area (Å²) in [6, 6.07) is 0. The van der Waals surface area contributed by atoms with Crippen molar-refractivity contribution in [3.63, 3.8) is 0 Å². The average Bonchev–Trinajstić information content (AvgIpc) is 2.25. The van der Waals surface area contributed by atoms with Gasteiger partial charge in [-0.1, -0.05) is 0 Å². The van der Waals surface area contributed by atoms with Crippen LogP contribution in [-0.2, 0) is 188 Å². The molecule has 5 saturated heterocycles. The molecule has 0 saturated carbocycles. The minimum atomic E-state index is -6.32. The molecule has 0 aliphatic carbocycles. The highest BCUT2D eigenvalue weighted by atomic mass is 32.3. The van der Waals surface area contributed by atoms with Gasteiger partial charge in [-0.15, -0.1) is 0 Å². The highest BCUT2D eigenvalue weighted by Crippen LogP contribution is 2.39. The summed E-state index contributed by atoms with van der Waals surface area (Å²) in [5.41, 5.74) is 0. The predicted molar refractivity (Wildman–Crippen MR) is 246 cm³/mol.